The van der Waals surface area contributed by atoms with Crippen LogP contribution in [-0.2, 0) is 19.0 Å². The van der Waals surface area contributed by atoms with E-state index in [2.05, 4.69) is 6.58 Å². The van der Waals surface area contributed by atoms with Crippen LogP contribution in [0.4, 0.5) is 4.79 Å². The number of amides is 2. The lowest BCUT2D eigenvalue weighted by Crippen LogP contribution is -2.46. The second-order valence-electron chi connectivity index (χ2n) is 6.99. The van der Waals surface area contributed by atoms with E-state index in [9.17, 15) is 9.59 Å². The fourth-order valence-corrected chi connectivity index (χ4v) is 3.55. The number of benzene rings is 1. The summed E-state index contributed by atoms with van der Waals surface area (Å²) in [6.45, 7) is 9.43. The van der Waals surface area contributed by atoms with Crippen LogP contribution in [0.5, 0.6) is 0 Å². The van der Waals surface area contributed by atoms with Crippen molar-refractivity contribution in [2.24, 2.45) is 11.8 Å². The van der Waals surface area contributed by atoms with Crippen molar-refractivity contribution in [2.75, 3.05) is 13.9 Å². The smallest absolute Gasteiger partial charge is 0.417 e. The number of rotatable bonds is 9. The van der Waals surface area contributed by atoms with Gasteiger partial charge in [0.25, 0.3) is 0 Å². The van der Waals surface area contributed by atoms with Crippen LogP contribution in [0.2, 0.25) is 0 Å². The number of hydrogen-bond donors (Lipinski definition) is 0. The Balaban J connectivity index is 2.18. The molecule has 2 amide bonds. The van der Waals surface area contributed by atoms with E-state index in [1.165, 1.54) is 12.0 Å². The minimum atomic E-state index is -0.616. The first-order chi connectivity index (χ1) is 12.9. The molecule has 1 heterocycles. The van der Waals surface area contributed by atoms with Gasteiger partial charge in [-0.25, -0.2) is 9.69 Å². The molecule has 0 spiro atoms. The first-order valence-electron chi connectivity index (χ1n) is 9.22. The van der Waals surface area contributed by atoms with E-state index >= 15 is 0 Å². The maximum absolute atomic E-state index is 13.1. The predicted molar refractivity (Wildman–Crippen MR) is 102 cm³/mol. The van der Waals surface area contributed by atoms with Crippen LogP contribution in [0.25, 0.3) is 0 Å². The van der Waals surface area contributed by atoms with Gasteiger partial charge in [-0.05, 0) is 24.8 Å². The molecular formula is C21H29NO5. The van der Waals surface area contributed by atoms with Crippen LogP contribution < -0.4 is 0 Å². The van der Waals surface area contributed by atoms with Crippen LogP contribution in [0.3, 0.4) is 0 Å². The Morgan fingerprint density at radius 2 is 2.00 bits per heavy atom. The summed E-state index contributed by atoms with van der Waals surface area (Å²) in [5.41, 5.74) is 0.869. The summed E-state index contributed by atoms with van der Waals surface area (Å²) in [4.78, 5) is 26.8. The quantitative estimate of drug-likeness (QED) is 0.483. The van der Waals surface area contributed by atoms with E-state index in [-0.39, 0.29) is 18.6 Å². The summed E-state index contributed by atoms with van der Waals surface area (Å²) >= 11 is 0. The molecule has 1 aromatic rings. The van der Waals surface area contributed by atoms with Gasteiger partial charge in [-0.2, -0.15) is 0 Å². The van der Waals surface area contributed by atoms with Crippen LogP contribution in [0.15, 0.2) is 43.0 Å². The first kappa shape index (κ1) is 21.1. The van der Waals surface area contributed by atoms with Crippen LogP contribution in [0, 0.1) is 11.8 Å². The maximum Gasteiger partial charge on any atom is 0.417 e. The summed E-state index contributed by atoms with van der Waals surface area (Å²) < 4.78 is 16.3. The summed E-state index contributed by atoms with van der Waals surface area (Å²) in [5, 5.41) is 0. The molecule has 148 valence electrons. The third-order valence-electron chi connectivity index (χ3n) is 5.00. The average Bonchev–Trinajstić information content (AvgIpc) is 2.96. The molecule has 0 aliphatic carbocycles. The Kier molecular flexibility index (Phi) is 7.56. The number of carbonyl (C=O) groups is 2. The molecule has 0 unspecified atom stereocenters. The van der Waals surface area contributed by atoms with Gasteiger partial charge in [-0.15, -0.1) is 6.58 Å². The number of imide groups is 1. The summed E-state index contributed by atoms with van der Waals surface area (Å²) in [5.74, 6) is -0.780. The molecule has 1 saturated heterocycles. The largest absolute Gasteiger partial charge is 0.439 e. The lowest BCUT2D eigenvalue weighted by molar-refractivity contribution is -0.148. The van der Waals surface area contributed by atoms with E-state index in [0.717, 1.165) is 5.56 Å². The Bertz CT molecular complexity index is 647. The third kappa shape index (κ3) is 4.76. The Labute approximate surface area is 161 Å². The Hall–Kier alpha value is -2.18. The van der Waals surface area contributed by atoms with Gasteiger partial charge in [-0.3, -0.25) is 4.79 Å². The van der Waals surface area contributed by atoms with Crippen molar-refractivity contribution in [3.05, 3.63) is 48.6 Å². The van der Waals surface area contributed by atoms with Gasteiger partial charge in [-0.1, -0.05) is 50.3 Å². The van der Waals surface area contributed by atoms with Gasteiger partial charge in [0.15, 0.2) is 0 Å². The molecule has 0 radical (unpaired) electrons. The Morgan fingerprint density at radius 1 is 1.33 bits per heavy atom. The topological polar surface area (TPSA) is 65.1 Å². The summed E-state index contributed by atoms with van der Waals surface area (Å²) in [7, 11) is 1.53. The molecule has 0 aromatic heterocycles. The second kappa shape index (κ2) is 9.67. The van der Waals surface area contributed by atoms with Crippen LogP contribution in [0.1, 0.15) is 38.9 Å². The standard InChI is InChI=1S/C21H29NO5/c1-6-10-14(2)18(26-13-25-5)15(3)20(23)22-16(4)19(27-21(22)24)17-11-8-7-9-12-17/h6-9,11-12,14-16,18-19H,1,10,13H2,2-5H3/t14-,15+,16+,18-,19+/m0/s1. The van der Waals surface area contributed by atoms with Gasteiger partial charge in [0.05, 0.1) is 18.1 Å². The summed E-state index contributed by atoms with van der Waals surface area (Å²) in [6.07, 6.45) is 1.00. The molecule has 0 bridgehead atoms. The molecule has 5 atom stereocenters. The van der Waals surface area contributed by atoms with Crippen molar-refractivity contribution in [3.63, 3.8) is 0 Å². The first-order valence-corrected chi connectivity index (χ1v) is 9.22. The maximum atomic E-state index is 13.1. The lowest BCUT2D eigenvalue weighted by Gasteiger charge is -2.31. The second-order valence-corrected chi connectivity index (χ2v) is 6.99. The molecule has 1 fully saturated rings. The molecular weight excluding hydrogens is 346 g/mol. The van der Waals surface area contributed by atoms with Crippen molar-refractivity contribution in [2.45, 2.75) is 45.4 Å². The van der Waals surface area contributed by atoms with Gasteiger partial charge in [0.1, 0.15) is 12.9 Å². The van der Waals surface area contributed by atoms with Crippen LogP contribution in [-0.4, -0.2) is 42.9 Å². The number of ether oxygens (including phenoxy) is 3. The van der Waals surface area contributed by atoms with E-state index < -0.39 is 30.3 Å². The number of cyclic esters (lactones) is 1. The number of nitrogens with zero attached hydrogens (tertiary/aromatic N) is 1. The third-order valence-corrected chi connectivity index (χ3v) is 5.00. The number of allylic oxidation sites excluding steroid dienone is 1. The summed E-state index contributed by atoms with van der Waals surface area (Å²) in [6, 6.07) is 9.05. The molecule has 0 saturated carbocycles. The molecule has 27 heavy (non-hydrogen) atoms. The normalized spacial score (nSPS) is 22.8. The monoisotopic (exact) mass is 375 g/mol. The zero-order valence-corrected chi connectivity index (χ0v) is 16.5. The van der Waals surface area contributed by atoms with Crippen molar-refractivity contribution in [1.29, 1.82) is 0 Å². The predicted octanol–water partition coefficient (Wildman–Crippen LogP) is 3.93. The number of hydrogen-bond acceptors (Lipinski definition) is 5. The van der Waals surface area contributed by atoms with Crippen molar-refractivity contribution >= 4 is 12.0 Å². The lowest BCUT2D eigenvalue weighted by atomic mass is 9.89. The molecule has 1 aliphatic rings. The van der Waals surface area contributed by atoms with Crippen molar-refractivity contribution in [1.82, 2.24) is 4.90 Å². The highest BCUT2D eigenvalue weighted by molar-refractivity contribution is 5.95. The number of methoxy groups -OCH3 is 1. The van der Waals surface area contributed by atoms with E-state index in [1.54, 1.807) is 13.0 Å². The molecule has 0 N–H and O–H groups in total. The SMILES string of the molecule is C=CC[C@H](C)[C@H](OCOC)[C@@H](C)C(=O)N1C(=O)O[C@@H](c2ccccc2)[C@H]1C. The minimum Gasteiger partial charge on any atom is -0.439 e. The highest BCUT2D eigenvalue weighted by atomic mass is 16.7. The van der Waals surface area contributed by atoms with Crippen LogP contribution >= 0.6 is 0 Å². The van der Waals surface area contributed by atoms with Gasteiger partial charge in [0, 0.05) is 7.11 Å². The fourth-order valence-electron chi connectivity index (χ4n) is 3.55. The molecule has 6 nitrogen and oxygen atoms in total. The zero-order valence-electron chi connectivity index (χ0n) is 16.5. The molecule has 2 rings (SSSR count). The highest BCUT2D eigenvalue weighted by Gasteiger charge is 2.46. The minimum absolute atomic E-state index is 0.0513. The van der Waals surface area contributed by atoms with E-state index in [1.807, 2.05) is 44.2 Å². The van der Waals surface area contributed by atoms with Crippen molar-refractivity contribution in [3.8, 4) is 0 Å². The zero-order chi connectivity index (χ0) is 20.0. The van der Waals surface area contributed by atoms with E-state index in [0.29, 0.717) is 6.42 Å². The Morgan fingerprint density at radius 3 is 2.59 bits per heavy atom. The van der Waals surface area contributed by atoms with Gasteiger partial charge in [0.2, 0.25) is 5.91 Å². The highest BCUT2D eigenvalue weighted by Crippen LogP contribution is 2.34. The van der Waals surface area contributed by atoms with Crippen molar-refractivity contribution < 1.29 is 23.8 Å². The van der Waals surface area contributed by atoms with Gasteiger partial charge >= 0.3 is 6.09 Å². The van der Waals surface area contributed by atoms with Gasteiger partial charge < -0.3 is 14.2 Å². The van der Waals surface area contributed by atoms with E-state index in [4.69, 9.17) is 14.2 Å². The molecule has 6 heteroatoms. The average molecular weight is 375 g/mol. The molecule has 1 aromatic carbocycles. The fraction of sp³-hybridized carbons (Fsp3) is 0.524. The molecule has 1 aliphatic heterocycles. The number of carbonyl (C=O) groups excluding carboxylic acids is 2.